The fraction of sp³-hybridized carbons (Fsp3) is 0.673. The van der Waals surface area contributed by atoms with Crippen molar-refractivity contribution in [1.82, 2.24) is 0 Å². The number of esters is 2. The molecule has 0 aromatic carbocycles. The fourth-order valence-electron chi connectivity index (χ4n) is 6.54. The Bertz CT molecular complexity index is 1490. The van der Waals surface area contributed by atoms with Gasteiger partial charge in [-0.1, -0.05) is 150 Å². The van der Waals surface area contributed by atoms with Crippen molar-refractivity contribution in [2.45, 2.75) is 197 Å². The first-order valence-corrected chi connectivity index (χ1v) is 25.1. The first kappa shape index (κ1) is 60.0. The summed E-state index contributed by atoms with van der Waals surface area (Å²) in [5.74, 6) is -1.28. The molecular formula is C49H81O15P. The summed E-state index contributed by atoms with van der Waals surface area (Å²) in [6, 6.07) is 0. The monoisotopic (exact) mass is 941 g/mol. The highest BCUT2D eigenvalue weighted by Crippen LogP contribution is 2.47. The normalized spacial score (nSPS) is 23.2. The highest BCUT2D eigenvalue weighted by atomic mass is 31.2. The van der Waals surface area contributed by atoms with Crippen LogP contribution in [0.25, 0.3) is 0 Å². The lowest BCUT2D eigenvalue weighted by molar-refractivity contribution is -0.220. The maximum Gasteiger partial charge on any atom is 0.472 e. The number of carbonyl (C=O) groups is 2. The van der Waals surface area contributed by atoms with Crippen LogP contribution < -0.4 is 0 Å². The van der Waals surface area contributed by atoms with Gasteiger partial charge in [-0.05, 0) is 64.2 Å². The Kier molecular flexibility index (Phi) is 35.0. The Morgan fingerprint density at radius 1 is 0.569 bits per heavy atom. The molecule has 0 spiro atoms. The van der Waals surface area contributed by atoms with E-state index in [1.54, 1.807) is 42.5 Å². The van der Waals surface area contributed by atoms with Gasteiger partial charge in [0.05, 0.1) is 18.8 Å². The van der Waals surface area contributed by atoms with Gasteiger partial charge in [0.25, 0.3) is 0 Å². The van der Waals surface area contributed by atoms with Crippen LogP contribution in [0.2, 0.25) is 0 Å². The molecule has 0 radical (unpaired) electrons. The molecule has 0 amide bonds. The molecule has 1 fully saturated rings. The molecule has 0 bridgehead atoms. The van der Waals surface area contributed by atoms with E-state index in [4.69, 9.17) is 18.5 Å². The van der Waals surface area contributed by atoms with Gasteiger partial charge in [-0.25, -0.2) is 4.57 Å². The minimum absolute atomic E-state index is 0.0908. The molecule has 0 saturated heterocycles. The van der Waals surface area contributed by atoms with Crippen LogP contribution in [0.1, 0.15) is 142 Å². The van der Waals surface area contributed by atoms with E-state index in [1.165, 1.54) is 38.5 Å². The molecule has 10 atom stereocenters. The van der Waals surface area contributed by atoms with E-state index < -0.39 is 87.9 Å². The Balaban J connectivity index is 2.57. The van der Waals surface area contributed by atoms with Crippen LogP contribution >= 0.6 is 7.82 Å². The third-order valence-corrected chi connectivity index (χ3v) is 11.4. The molecule has 0 heterocycles. The fourth-order valence-corrected chi connectivity index (χ4v) is 7.51. The van der Waals surface area contributed by atoms with Crippen LogP contribution in [0.4, 0.5) is 0 Å². The highest BCUT2D eigenvalue weighted by Gasteiger charge is 2.51. The lowest BCUT2D eigenvalue weighted by Gasteiger charge is -2.41. The molecule has 0 aliphatic heterocycles. The second kappa shape index (κ2) is 38.0. The number of hydrogen-bond donors (Lipinski definition) is 8. The van der Waals surface area contributed by atoms with Crippen molar-refractivity contribution in [2.75, 3.05) is 13.2 Å². The van der Waals surface area contributed by atoms with Gasteiger partial charge in [0.2, 0.25) is 0 Å². The van der Waals surface area contributed by atoms with Crippen molar-refractivity contribution in [2.24, 2.45) is 0 Å². The van der Waals surface area contributed by atoms with Gasteiger partial charge in [0, 0.05) is 12.8 Å². The van der Waals surface area contributed by atoms with E-state index in [2.05, 4.69) is 19.1 Å². The van der Waals surface area contributed by atoms with Crippen molar-refractivity contribution in [1.29, 1.82) is 0 Å². The molecule has 3 unspecified atom stereocenters. The zero-order valence-electron chi connectivity index (χ0n) is 38.7. The number of rotatable bonds is 37. The van der Waals surface area contributed by atoms with Crippen molar-refractivity contribution < 1.29 is 73.3 Å². The number of phosphoric acid groups is 1. The summed E-state index contributed by atoms with van der Waals surface area (Å²) in [5.41, 5.74) is 0. The van der Waals surface area contributed by atoms with Crippen LogP contribution in [-0.4, -0.2) is 121 Å². The van der Waals surface area contributed by atoms with Gasteiger partial charge in [-0.2, -0.15) is 0 Å². The van der Waals surface area contributed by atoms with Crippen molar-refractivity contribution in [3.63, 3.8) is 0 Å². The van der Waals surface area contributed by atoms with Crippen molar-refractivity contribution >= 4 is 19.8 Å². The maximum atomic E-state index is 12.8. The molecule has 15 nitrogen and oxygen atoms in total. The van der Waals surface area contributed by atoms with Gasteiger partial charge in [-0.15, -0.1) is 0 Å². The SMILES string of the molecule is CC/C=C\C[C@H](O)/C=C/C=C\C=C\[C@H](O)C/C=C\C/C=C\CCC(=O)O[C@H](COC(=O)CCCCCCC/C=C\CCCCCCCC)COP(=O)(O)OC1[C@H](O)[C@H](O)C(O)[C@H](O)[C@H]1O. The average Bonchev–Trinajstić information content (AvgIpc) is 3.28. The third kappa shape index (κ3) is 30.8. The first-order valence-electron chi connectivity index (χ1n) is 23.6. The first-order chi connectivity index (χ1) is 31.2. The van der Waals surface area contributed by atoms with Crippen LogP contribution in [-0.2, 0) is 32.7 Å². The third-order valence-electron chi connectivity index (χ3n) is 10.4. The average molecular weight is 941 g/mol. The van der Waals surface area contributed by atoms with Crippen LogP contribution in [0.15, 0.2) is 85.1 Å². The molecular weight excluding hydrogens is 859 g/mol. The standard InChI is InChI=1S/C49H81O15P/c1-3-5-7-8-9-10-11-12-13-14-15-16-17-21-29-35-42(52)61-37-41(38-62-65(59,60)64-49-47(57)45(55)44(54)46(56)48(49)58)63-43(53)36-30-22-19-18-20-26-32-40(51)34-28-24-23-27-33-39(50)31-25-6-4-2/h6,12-13,19-20,22-28,33-34,39-41,44-51,54-58H,3-5,7-11,14-18,21,29-32,35-38H2,1-2H3,(H,59,60)/b13-12-,22-19-,24-23-,25-6-,26-20-,33-27+,34-28+/t39-,40+,41+,44?,45-,46+,47+,48+,49?/m0/s1. The predicted molar refractivity (Wildman–Crippen MR) is 251 cm³/mol. The number of phosphoric ester groups is 1. The van der Waals surface area contributed by atoms with E-state index in [9.17, 15) is 54.8 Å². The Labute approximate surface area is 387 Å². The molecule has 65 heavy (non-hydrogen) atoms. The number of unbranched alkanes of at least 4 members (excludes halogenated alkanes) is 11. The molecule has 1 rings (SSSR count). The van der Waals surface area contributed by atoms with Gasteiger partial charge < -0.3 is 50.1 Å². The second-order valence-corrected chi connectivity index (χ2v) is 17.7. The summed E-state index contributed by atoms with van der Waals surface area (Å²) in [7, 11) is -5.17. The van der Waals surface area contributed by atoms with Gasteiger partial charge in [0.15, 0.2) is 6.10 Å². The summed E-state index contributed by atoms with van der Waals surface area (Å²) < 4.78 is 33.4. The van der Waals surface area contributed by atoms with Gasteiger partial charge in [-0.3, -0.25) is 18.6 Å². The number of aliphatic hydroxyl groups excluding tert-OH is 7. The molecule has 1 aliphatic carbocycles. The van der Waals surface area contributed by atoms with Crippen LogP contribution in [0.3, 0.4) is 0 Å². The van der Waals surface area contributed by atoms with Crippen molar-refractivity contribution in [3.8, 4) is 0 Å². The van der Waals surface area contributed by atoms with Crippen LogP contribution in [0.5, 0.6) is 0 Å². The number of aliphatic hydroxyl groups is 7. The summed E-state index contributed by atoms with van der Waals surface area (Å²) in [6.07, 6.45) is 28.4. The summed E-state index contributed by atoms with van der Waals surface area (Å²) in [6.45, 7) is 2.94. The maximum absolute atomic E-state index is 12.8. The Hall–Kier alpha value is -3.05. The Morgan fingerprint density at radius 2 is 1.08 bits per heavy atom. The lowest BCUT2D eigenvalue weighted by Crippen LogP contribution is -2.64. The second-order valence-electron chi connectivity index (χ2n) is 16.3. The van der Waals surface area contributed by atoms with Crippen molar-refractivity contribution in [3.05, 3.63) is 85.1 Å². The minimum atomic E-state index is -5.17. The largest absolute Gasteiger partial charge is 0.472 e. The van der Waals surface area contributed by atoms with E-state index >= 15 is 0 Å². The quantitative estimate of drug-likeness (QED) is 0.0101. The minimum Gasteiger partial charge on any atom is -0.462 e. The molecule has 1 saturated carbocycles. The van der Waals surface area contributed by atoms with Crippen LogP contribution in [0, 0.1) is 0 Å². The van der Waals surface area contributed by atoms with Gasteiger partial charge >= 0.3 is 19.8 Å². The molecule has 16 heteroatoms. The van der Waals surface area contributed by atoms with Gasteiger partial charge in [0.1, 0.15) is 43.2 Å². The molecule has 0 aromatic rings. The lowest BCUT2D eigenvalue weighted by atomic mass is 9.85. The number of carbonyl (C=O) groups excluding carboxylic acids is 2. The smallest absolute Gasteiger partial charge is 0.462 e. The zero-order chi connectivity index (χ0) is 48.1. The van der Waals surface area contributed by atoms with E-state index in [0.29, 0.717) is 25.7 Å². The summed E-state index contributed by atoms with van der Waals surface area (Å²) in [5, 5.41) is 70.2. The van der Waals surface area contributed by atoms with E-state index in [0.717, 1.165) is 44.9 Å². The highest BCUT2D eigenvalue weighted by molar-refractivity contribution is 7.47. The number of allylic oxidation sites excluding steroid dienone is 10. The number of hydrogen-bond acceptors (Lipinski definition) is 14. The number of ether oxygens (including phenoxy) is 2. The van der Waals surface area contributed by atoms with E-state index in [1.807, 2.05) is 37.3 Å². The zero-order valence-corrected chi connectivity index (χ0v) is 39.6. The summed E-state index contributed by atoms with van der Waals surface area (Å²) in [4.78, 5) is 35.7. The molecule has 1 aliphatic rings. The summed E-state index contributed by atoms with van der Waals surface area (Å²) >= 11 is 0. The Morgan fingerprint density at radius 3 is 1.66 bits per heavy atom. The topological polar surface area (TPSA) is 250 Å². The molecule has 372 valence electrons. The van der Waals surface area contributed by atoms with E-state index in [-0.39, 0.29) is 19.3 Å². The molecule has 0 aromatic heterocycles. The molecule has 8 N–H and O–H groups in total. The predicted octanol–water partition coefficient (Wildman–Crippen LogP) is 7.22.